The Labute approximate surface area is 95.7 Å². The maximum Gasteiger partial charge on any atom is 0.166 e. The molecule has 70 valence electrons. The molecule has 1 aromatic carbocycles. The average molecular weight is 297 g/mol. The van der Waals surface area contributed by atoms with Crippen LogP contribution < -0.4 is 0 Å². The number of nitrogens with zero attached hydrogens (tertiary/aromatic N) is 1. The topological polar surface area (TPSA) is 22.0 Å². The number of benzene rings is 1. The van der Waals surface area contributed by atoms with Crippen molar-refractivity contribution in [1.82, 2.24) is 4.57 Å². The number of hydrogen-bond acceptors (Lipinski definition) is 1. The molecule has 0 amide bonds. The molecule has 0 atom stereocenters. The maximum absolute atomic E-state index is 10.7. The molecule has 0 saturated heterocycles. The fraction of sp³-hybridized carbons (Fsp3) is 0. The number of aldehydes is 1. The SMILES string of the molecule is O=Cc1cccn1-c1cccc(I)c1. The summed E-state index contributed by atoms with van der Waals surface area (Å²) in [5.74, 6) is 0. The van der Waals surface area contributed by atoms with Crippen LogP contribution in [-0.2, 0) is 0 Å². The fourth-order valence-corrected chi connectivity index (χ4v) is 1.88. The van der Waals surface area contributed by atoms with E-state index < -0.39 is 0 Å². The Morgan fingerprint density at radius 3 is 2.79 bits per heavy atom. The number of carbonyl (C=O) groups is 1. The Morgan fingerprint density at radius 1 is 1.21 bits per heavy atom. The summed E-state index contributed by atoms with van der Waals surface area (Å²) < 4.78 is 3.03. The molecule has 0 unspecified atom stereocenters. The Morgan fingerprint density at radius 2 is 2.07 bits per heavy atom. The molecular formula is C11H8INO. The van der Waals surface area contributed by atoms with Crippen molar-refractivity contribution in [2.75, 3.05) is 0 Å². The molecule has 0 aliphatic carbocycles. The van der Waals surface area contributed by atoms with Crippen molar-refractivity contribution in [2.24, 2.45) is 0 Å². The van der Waals surface area contributed by atoms with Gasteiger partial charge in [-0.3, -0.25) is 4.79 Å². The molecule has 2 nitrogen and oxygen atoms in total. The molecule has 0 bridgehead atoms. The van der Waals surface area contributed by atoms with Gasteiger partial charge in [0.25, 0.3) is 0 Å². The van der Waals surface area contributed by atoms with Gasteiger partial charge in [0.15, 0.2) is 6.29 Å². The van der Waals surface area contributed by atoms with Gasteiger partial charge in [-0.25, -0.2) is 0 Å². The fourth-order valence-electron chi connectivity index (χ4n) is 1.35. The molecule has 14 heavy (non-hydrogen) atoms. The van der Waals surface area contributed by atoms with Gasteiger partial charge in [-0.2, -0.15) is 0 Å². The quantitative estimate of drug-likeness (QED) is 0.617. The average Bonchev–Trinajstić information content (AvgIpc) is 2.65. The van der Waals surface area contributed by atoms with Crippen molar-refractivity contribution >= 4 is 28.9 Å². The second kappa shape index (κ2) is 3.96. The molecule has 0 aliphatic rings. The number of rotatable bonds is 2. The zero-order chi connectivity index (χ0) is 9.97. The first-order valence-corrected chi connectivity index (χ1v) is 5.27. The van der Waals surface area contributed by atoms with E-state index in [1.807, 2.05) is 41.1 Å². The van der Waals surface area contributed by atoms with E-state index in [1.54, 1.807) is 6.07 Å². The molecule has 3 heteroatoms. The van der Waals surface area contributed by atoms with Gasteiger partial charge >= 0.3 is 0 Å². The van der Waals surface area contributed by atoms with E-state index in [2.05, 4.69) is 22.6 Å². The van der Waals surface area contributed by atoms with Crippen LogP contribution >= 0.6 is 22.6 Å². The van der Waals surface area contributed by atoms with Gasteiger partial charge in [0.1, 0.15) is 0 Å². The van der Waals surface area contributed by atoms with E-state index >= 15 is 0 Å². The third-order valence-electron chi connectivity index (χ3n) is 1.99. The van der Waals surface area contributed by atoms with Crippen molar-refractivity contribution in [1.29, 1.82) is 0 Å². The highest BCUT2D eigenvalue weighted by Gasteiger charge is 2.01. The lowest BCUT2D eigenvalue weighted by molar-refractivity contribution is 0.111. The van der Waals surface area contributed by atoms with Crippen molar-refractivity contribution in [2.45, 2.75) is 0 Å². The van der Waals surface area contributed by atoms with Gasteiger partial charge in [-0.05, 0) is 52.9 Å². The van der Waals surface area contributed by atoms with Crippen molar-refractivity contribution in [3.05, 3.63) is 51.9 Å². The van der Waals surface area contributed by atoms with Crippen molar-refractivity contribution in [3.8, 4) is 5.69 Å². The molecule has 0 radical (unpaired) electrons. The van der Waals surface area contributed by atoms with E-state index in [1.165, 1.54) is 0 Å². The van der Waals surface area contributed by atoms with Crippen LogP contribution in [0, 0.1) is 3.57 Å². The highest BCUT2D eigenvalue weighted by Crippen LogP contribution is 2.14. The van der Waals surface area contributed by atoms with E-state index in [-0.39, 0.29) is 0 Å². The zero-order valence-corrected chi connectivity index (χ0v) is 9.51. The minimum Gasteiger partial charge on any atom is -0.314 e. The number of halogens is 1. The number of aromatic nitrogens is 1. The van der Waals surface area contributed by atoms with E-state index in [0.29, 0.717) is 5.69 Å². The van der Waals surface area contributed by atoms with Crippen LogP contribution in [0.4, 0.5) is 0 Å². The summed E-state index contributed by atoms with van der Waals surface area (Å²) in [5.41, 5.74) is 1.69. The third kappa shape index (κ3) is 1.72. The van der Waals surface area contributed by atoms with Crippen LogP contribution in [-0.4, -0.2) is 10.9 Å². The predicted molar refractivity (Wildman–Crippen MR) is 63.9 cm³/mol. The summed E-state index contributed by atoms with van der Waals surface area (Å²) in [7, 11) is 0. The maximum atomic E-state index is 10.7. The van der Waals surface area contributed by atoms with E-state index in [0.717, 1.165) is 15.5 Å². The molecule has 1 aromatic heterocycles. The molecule has 0 fully saturated rings. The molecule has 1 heterocycles. The lowest BCUT2D eigenvalue weighted by Crippen LogP contribution is -1.97. The summed E-state index contributed by atoms with van der Waals surface area (Å²) in [6.45, 7) is 0. The molecular weight excluding hydrogens is 289 g/mol. The molecule has 0 spiro atoms. The lowest BCUT2D eigenvalue weighted by atomic mass is 10.3. The van der Waals surface area contributed by atoms with E-state index in [4.69, 9.17) is 0 Å². The van der Waals surface area contributed by atoms with Crippen LogP contribution in [0.15, 0.2) is 42.6 Å². The largest absolute Gasteiger partial charge is 0.314 e. The molecule has 0 N–H and O–H groups in total. The first kappa shape index (κ1) is 9.45. The standard InChI is InChI=1S/C11H8INO/c12-9-3-1-4-10(7-9)13-6-2-5-11(13)8-14/h1-8H. The summed E-state index contributed by atoms with van der Waals surface area (Å²) in [5, 5.41) is 0. The first-order chi connectivity index (χ1) is 6.81. The lowest BCUT2D eigenvalue weighted by Gasteiger charge is -2.05. The Bertz CT molecular complexity index is 462. The summed E-state index contributed by atoms with van der Waals surface area (Å²) in [6, 6.07) is 11.7. The highest BCUT2D eigenvalue weighted by atomic mass is 127. The second-order valence-corrected chi connectivity index (χ2v) is 4.15. The second-order valence-electron chi connectivity index (χ2n) is 2.90. The molecule has 0 saturated carbocycles. The van der Waals surface area contributed by atoms with Gasteiger partial charge < -0.3 is 4.57 Å². The zero-order valence-electron chi connectivity index (χ0n) is 7.35. The van der Waals surface area contributed by atoms with Crippen LogP contribution in [0.1, 0.15) is 10.5 Å². The molecule has 2 aromatic rings. The van der Waals surface area contributed by atoms with Crippen LogP contribution in [0.5, 0.6) is 0 Å². The van der Waals surface area contributed by atoms with Crippen molar-refractivity contribution in [3.63, 3.8) is 0 Å². The highest BCUT2D eigenvalue weighted by molar-refractivity contribution is 14.1. The van der Waals surface area contributed by atoms with Gasteiger partial charge in [0.2, 0.25) is 0 Å². The Hall–Kier alpha value is -1.10. The molecule has 2 rings (SSSR count). The summed E-state index contributed by atoms with van der Waals surface area (Å²) >= 11 is 2.25. The van der Waals surface area contributed by atoms with Crippen LogP contribution in [0.3, 0.4) is 0 Å². The summed E-state index contributed by atoms with van der Waals surface area (Å²) in [6.07, 6.45) is 2.75. The van der Waals surface area contributed by atoms with E-state index in [9.17, 15) is 4.79 Å². The van der Waals surface area contributed by atoms with Crippen LogP contribution in [0.2, 0.25) is 0 Å². The van der Waals surface area contributed by atoms with Gasteiger partial charge in [-0.15, -0.1) is 0 Å². The molecule has 0 aliphatic heterocycles. The Balaban J connectivity index is 2.54. The Kier molecular flexibility index (Phi) is 2.67. The predicted octanol–water partition coefficient (Wildman–Crippen LogP) is 2.89. The monoisotopic (exact) mass is 297 g/mol. The minimum absolute atomic E-state index is 0.673. The smallest absolute Gasteiger partial charge is 0.166 e. The van der Waals surface area contributed by atoms with Gasteiger partial charge in [0, 0.05) is 15.5 Å². The third-order valence-corrected chi connectivity index (χ3v) is 2.66. The van der Waals surface area contributed by atoms with Crippen molar-refractivity contribution < 1.29 is 4.79 Å². The van der Waals surface area contributed by atoms with Gasteiger partial charge in [-0.1, -0.05) is 6.07 Å². The summed E-state index contributed by atoms with van der Waals surface area (Å²) in [4.78, 5) is 10.7. The number of carbonyl (C=O) groups excluding carboxylic acids is 1. The minimum atomic E-state index is 0.673. The first-order valence-electron chi connectivity index (χ1n) is 4.20. The normalized spacial score (nSPS) is 10.1. The van der Waals surface area contributed by atoms with Gasteiger partial charge in [0.05, 0.1) is 5.69 Å². The number of hydrogen-bond donors (Lipinski definition) is 0. The van der Waals surface area contributed by atoms with Crippen LogP contribution in [0.25, 0.3) is 5.69 Å².